The Morgan fingerprint density at radius 2 is 1.89 bits per heavy atom. The van der Waals surface area contributed by atoms with E-state index >= 15 is 0 Å². The van der Waals surface area contributed by atoms with E-state index in [1.54, 1.807) is 0 Å². The Kier molecular flexibility index (Phi) is 5.92. The fraction of sp³-hybridized carbons (Fsp3) is 0.929. The van der Waals surface area contributed by atoms with Crippen molar-refractivity contribution >= 4 is 6.03 Å². The fourth-order valence-electron chi connectivity index (χ4n) is 2.89. The number of rotatable bonds is 5. The summed E-state index contributed by atoms with van der Waals surface area (Å²) in [5.41, 5.74) is 5.44. The second-order valence-corrected chi connectivity index (χ2v) is 5.63. The third-order valence-electron chi connectivity index (χ3n) is 4.11. The lowest BCUT2D eigenvalue weighted by Crippen LogP contribution is -2.48. The number of hydrogen-bond acceptors (Lipinski definition) is 3. The number of nitrogens with zero attached hydrogens (tertiary/aromatic N) is 1. The number of nitrogens with two attached hydrogens (primary N) is 1. The van der Waals surface area contributed by atoms with Crippen LogP contribution >= 0.6 is 0 Å². The van der Waals surface area contributed by atoms with E-state index in [9.17, 15) is 4.79 Å². The van der Waals surface area contributed by atoms with Gasteiger partial charge in [0.1, 0.15) is 0 Å². The average molecular weight is 269 g/mol. The van der Waals surface area contributed by atoms with Crippen LogP contribution < -0.4 is 11.1 Å². The highest BCUT2D eigenvalue weighted by atomic mass is 16.5. The van der Waals surface area contributed by atoms with Crippen LogP contribution in [0, 0.1) is 0 Å². The minimum atomic E-state index is 0.118. The second kappa shape index (κ2) is 7.70. The Bertz CT molecular complexity index is 272. The first kappa shape index (κ1) is 14.6. The molecule has 0 atom stereocenters. The predicted octanol–water partition coefficient (Wildman–Crippen LogP) is 1.47. The number of amides is 2. The van der Waals surface area contributed by atoms with Crippen LogP contribution in [0.5, 0.6) is 0 Å². The molecule has 2 rings (SSSR count). The van der Waals surface area contributed by atoms with E-state index in [0.29, 0.717) is 18.7 Å². The summed E-state index contributed by atoms with van der Waals surface area (Å²) in [6, 6.07) is 0.526. The molecule has 1 heterocycles. The summed E-state index contributed by atoms with van der Waals surface area (Å²) in [5, 5.41) is 3.15. The van der Waals surface area contributed by atoms with Crippen LogP contribution in [-0.2, 0) is 4.74 Å². The van der Waals surface area contributed by atoms with Gasteiger partial charge in [-0.2, -0.15) is 0 Å². The van der Waals surface area contributed by atoms with E-state index in [4.69, 9.17) is 10.5 Å². The van der Waals surface area contributed by atoms with Crippen molar-refractivity contribution in [1.29, 1.82) is 0 Å². The number of carbonyl (C=O) groups excluding carboxylic acids is 1. The molecule has 1 aliphatic carbocycles. The Morgan fingerprint density at radius 3 is 2.53 bits per heavy atom. The summed E-state index contributed by atoms with van der Waals surface area (Å²) in [4.78, 5) is 14.0. The van der Waals surface area contributed by atoms with Gasteiger partial charge in [-0.25, -0.2) is 4.79 Å². The number of hydrogen-bond donors (Lipinski definition) is 2. The quantitative estimate of drug-likeness (QED) is 0.743. The van der Waals surface area contributed by atoms with Crippen LogP contribution in [-0.4, -0.2) is 49.3 Å². The van der Waals surface area contributed by atoms with Gasteiger partial charge in [0.2, 0.25) is 0 Å². The van der Waals surface area contributed by atoms with Gasteiger partial charge in [0, 0.05) is 25.7 Å². The van der Waals surface area contributed by atoms with Crippen LogP contribution in [0.1, 0.15) is 44.9 Å². The molecule has 1 saturated carbocycles. The van der Waals surface area contributed by atoms with Gasteiger partial charge in [-0.05, 0) is 38.6 Å². The van der Waals surface area contributed by atoms with Crippen molar-refractivity contribution in [3.8, 4) is 0 Å². The van der Waals surface area contributed by atoms with Gasteiger partial charge in [0.25, 0.3) is 0 Å². The summed E-state index contributed by atoms with van der Waals surface area (Å²) in [6.45, 7) is 3.05. The van der Waals surface area contributed by atoms with Crippen molar-refractivity contribution in [2.75, 3.05) is 26.2 Å². The molecular weight excluding hydrogens is 242 g/mol. The van der Waals surface area contributed by atoms with E-state index in [-0.39, 0.29) is 6.03 Å². The van der Waals surface area contributed by atoms with Crippen molar-refractivity contribution in [1.82, 2.24) is 10.2 Å². The van der Waals surface area contributed by atoms with E-state index in [0.717, 1.165) is 51.8 Å². The molecule has 110 valence electrons. The number of nitrogens with one attached hydrogen (secondary N) is 1. The third kappa shape index (κ3) is 4.66. The Balaban J connectivity index is 1.63. The molecule has 3 N–H and O–H groups in total. The Labute approximate surface area is 115 Å². The minimum Gasteiger partial charge on any atom is -0.378 e. The second-order valence-electron chi connectivity index (χ2n) is 5.63. The lowest BCUT2D eigenvalue weighted by molar-refractivity contribution is 0.0144. The first-order valence-electron chi connectivity index (χ1n) is 7.66. The molecule has 0 bridgehead atoms. The van der Waals surface area contributed by atoms with E-state index < -0.39 is 0 Å². The molecule has 19 heavy (non-hydrogen) atoms. The van der Waals surface area contributed by atoms with Gasteiger partial charge >= 0.3 is 6.03 Å². The van der Waals surface area contributed by atoms with Crippen LogP contribution in [0.2, 0.25) is 0 Å². The van der Waals surface area contributed by atoms with E-state index in [2.05, 4.69) is 5.32 Å². The monoisotopic (exact) mass is 269 g/mol. The maximum atomic E-state index is 12.1. The van der Waals surface area contributed by atoms with E-state index in [1.165, 1.54) is 12.8 Å². The van der Waals surface area contributed by atoms with Crippen LogP contribution in [0.3, 0.4) is 0 Å². The molecule has 5 heteroatoms. The summed E-state index contributed by atoms with van der Waals surface area (Å²) in [6.07, 6.45) is 7.91. The Hall–Kier alpha value is -0.810. The summed E-state index contributed by atoms with van der Waals surface area (Å²) >= 11 is 0. The molecule has 0 aromatic heterocycles. The molecule has 5 nitrogen and oxygen atoms in total. The fourth-order valence-corrected chi connectivity index (χ4v) is 2.89. The maximum absolute atomic E-state index is 12.1. The molecule has 0 unspecified atom stereocenters. The zero-order chi connectivity index (χ0) is 13.5. The van der Waals surface area contributed by atoms with Crippen molar-refractivity contribution in [3.05, 3.63) is 0 Å². The largest absolute Gasteiger partial charge is 0.378 e. The molecule has 0 aromatic carbocycles. The molecule has 0 radical (unpaired) electrons. The number of carbonyl (C=O) groups is 1. The SMILES string of the molecule is NCCCOC1CCN(C(=O)NC2CCCC2)CC1. The standard InChI is InChI=1S/C14H27N3O2/c15-8-3-11-19-13-6-9-17(10-7-13)14(18)16-12-4-1-2-5-12/h12-13H,1-11,15H2,(H,16,18). The van der Waals surface area contributed by atoms with Crippen LogP contribution in [0.25, 0.3) is 0 Å². The van der Waals surface area contributed by atoms with Crippen molar-refractivity contribution in [2.45, 2.75) is 57.1 Å². The average Bonchev–Trinajstić information content (AvgIpc) is 2.93. The topological polar surface area (TPSA) is 67.6 Å². The lowest BCUT2D eigenvalue weighted by atomic mass is 10.1. The number of urea groups is 1. The third-order valence-corrected chi connectivity index (χ3v) is 4.11. The first-order chi connectivity index (χ1) is 9.29. The zero-order valence-corrected chi connectivity index (χ0v) is 11.8. The zero-order valence-electron chi connectivity index (χ0n) is 11.8. The van der Waals surface area contributed by atoms with Gasteiger partial charge < -0.3 is 20.7 Å². The van der Waals surface area contributed by atoms with Crippen molar-refractivity contribution < 1.29 is 9.53 Å². The molecular formula is C14H27N3O2. The minimum absolute atomic E-state index is 0.118. The summed E-state index contributed by atoms with van der Waals surface area (Å²) in [7, 11) is 0. The van der Waals surface area contributed by atoms with Crippen LogP contribution in [0.4, 0.5) is 4.79 Å². The molecule has 1 aliphatic heterocycles. The van der Waals surface area contributed by atoms with Gasteiger partial charge in [-0.3, -0.25) is 0 Å². The van der Waals surface area contributed by atoms with Crippen molar-refractivity contribution in [2.24, 2.45) is 5.73 Å². The highest BCUT2D eigenvalue weighted by molar-refractivity contribution is 5.74. The Morgan fingerprint density at radius 1 is 1.21 bits per heavy atom. The smallest absolute Gasteiger partial charge is 0.317 e. The number of ether oxygens (including phenoxy) is 1. The lowest BCUT2D eigenvalue weighted by Gasteiger charge is -2.32. The van der Waals surface area contributed by atoms with Crippen molar-refractivity contribution in [3.63, 3.8) is 0 Å². The van der Waals surface area contributed by atoms with Gasteiger partial charge in [0.15, 0.2) is 0 Å². The maximum Gasteiger partial charge on any atom is 0.317 e. The molecule has 2 amide bonds. The highest BCUT2D eigenvalue weighted by Crippen LogP contribution is 2.19. The molecule has 1 saturated heterocycles. The number of piperidine rings is 1. The first-order valence-corrected chi connectivity index (χ1v) is 7.66. The predicted molar refractivity (Wildman–Crippen MR) is 75.0 cm³/mol. The molecule has 0 spiro atoms. The molecule has 0 aromatic rings. The molecule has 2 aliphatic rings. The van der Waals surface area contributed by atoms with Gasteiger partial charge in [0.05, 0.1) is 6.10 Å². The summed E-state index contributed by atoms with van der Waals surface area (Å²) in [5.74, 6) is 0. The van der Waals surface area contributed by atoms with Gasteiger partial charge in [-0.1, -0.05) is 12.8 Å². The van der Waals surface area contributed by atoms with Gasteiger partial charge in [-0.15, -0.1) is 0 Å². The van der Waals surface area contributed by atoms with E-state index in [1.807, 2.05) is 4.90 Å². The highest BCUT2D eigenvalue weighted by Gasteiger charge is 2.25. The normalized spacial score (nSPS) is 21.8. The molecule has 2 fully saturated rings. The summed E-state index contributed by atoms with van der Waals surface area (Å²) < 4.78 is 5.75. The van der Waals surface area contributed by atoms with Crippen LogP contribution in [0.15, 0.2) is 0 Å². The number of likely N-dealkylation sites (tertiary alicyclic amines) is 1.